The van der Waals surface area contributed by atoms with E-state index in [2.05, 4.69) is 0 Å². The Labute approximate surface area is 52.1 Å². The quantitative estimate of drug-likeness (QED) is 0.333. The molecular formula is C3H6Cl2N2. The Bertz CT molecular complexity index is 73.3. The SMILES string of the molecule is N=C(N)C(Cl)CCl. The number of rotatable bonds is 2. The van der Waals surface area contributed by atoms with Crippen LogP contribution < -0.4 is 5.73 Å². The van der Waals surface area contributed by atoms with Gasteiger partial charge in [0.15, 0.2) is 0 Å². The predicted molar refractivity (Wildman–Crippen MR) is 32.3 cm³/mol. The van der Waals surface area contributed by atoms with E-state index in [-0.39, 0.29) is 11.7 Å². The second-order valence-corrected chi connectivity index (χ2v) is 1.91. The van der Waals surface area contributed by atoms with E-state index in [4.69, 9.17) is 34.3 Å². The monoisotopic (exact) mass is 140 g/mol. The van der Waals surface area contributed by atoms with E-state index >= 15 is 0 Å². The summed E-state index contributed by atoms with van der Waals surface area (Å²) in [6.07, 6.45) is 0. The molecule has 0 spiro atoms. The van der Waals surface area contributed by atoms with Gasteiger partial charge in [0.25, 0.3) is 0 Å². The lowest BCUT2D eigenvalue weighted by atomic mass is 10.4. The van der Waals surface area contributed by atoms with Gasteiger partial charge in [-0.2, -0.15) is 0 Å². The zero-order valence-electron chi connectivity index (χ0n) is 3.62. The highest BCUT2D eigenvalue weighted by molar-refractivity contribution is 6.36. The summed E-state index contributed by atoms with van der Waals surface area (Å²) in [6, 6.07) is 0. The van der Waals surface area contributed by atoms with E-state index in [0.29, 0.717) is 0 Å². The van der Waals surface area contributed by atoms with Gasteiger partial charge in [-0.3, -0.25) is 5.41 Å². The highest BCUT2D eigenvalue weighted by atomic mass is 35.5. The van der Waals surface area contributed by atoms with Crippen molar-refractivity contribution in [2.75, 3.05) is 5.88 Å². The van der Waals surface area contributed by atoms with Crippen molar-refractivity contribution < 1.29 is 0 Å². The van der Waals surface area contributed by atoms with E-state index in [1.165, 1.54) is 0 Å². The number of hydrogen-bond donors (Lipinski definition) is 2. The zero-order chi connectivity index (χ0) is 5.86. The Kier molecular flexibility index (Phi) is 3.13. The van der Waals surface area contributed by atoms with Gasteiger partial charge in [-0.1, -0.05) is 0 Å². The lowest BCUT2D eigenvalue weighted by Gasteiger charge is -1.97. The lowest BCUT2D eigenvalue weighted by Crippen LogP contribution is -2.23. The summed E-state index contributed by atoms with van der Waals surface area (Å²) >= 11 is 10.5. The Morgan fingerprint density at radius 3 is 2.29 bits per heavy atom. The van der Waals surface area contributed by atoms with Crippen LogP contribution in [0.2, 0.25) is 0 Å². The smallest absolute Gasteiger partial charge is 0.110 e. The fourth-order valence-corrected chi connectivity index (χ4v) is 0.249. The Hall–Kier alpha value is 0.0500. The van der Waals surface area contributed by atoms with Gasteiger partial charge in [0.1, 0.15) is 11.2 Å². The molecule has 0 fully saturated rings. The lowest BCUT2D eigenvalue weighted by molar-refractivity contribution is 1.22. The van der Waals surface area contributed by atoms with Crippen molar-refractivity contribution in [1.82, 2.24) is 0 Å². The first-order chi connectivity index (χ1) is 3.18. The molecule has 2 nitrogen and oxygen atoms in total. The average Bonchev–Trinajstić information content (AvgIpc) is 1.65. The normalized spacial score (nSPS) is 13.4. The van der Waals surface area contributed by atoms with Gasteiger partial charge in [0.05, 0.1) is 0 Å². The van der Waals surface area contributed by atoms with E-state index < -0.39 is 5.38 Å². The molecule has 1 unspecified atom stereocenters. The molecule has 0 bridgehead atoms. The Balaban J connectivity index is 3.34. The molecule has 0 amide bonds. The summed E-state index contributed by atoms with van der Waals surface area (Å²) in [5, 5.41) is 6.16. The maximum atomic E-state index is 6.66. The van der Waals surface area contributed by atoms with Crippen LogP contribution in [0, 0.1) is 5.41 Å². The zero-order valence-corrected chi connectivity index (χ0v) is 5.13. The van der Waals surface area contributed by atoms with Crippen molar-refractivity contribution in [2.45, 2.75) is 5.38 Å². The molecule has 0 heterocycles. The van der Waals surface area contributed by atoms with Gasteiger partial charge in [-0.25, -0.2) is 0 Å². The van der Waals surface area contributed by atoms with Crippen molar-refractivity contribution in [3.05, 3.63) is 0 Å². The second-order valence-electron chi connectivity index (χ2n) is 1.08. The minimum absolute atomic E-state index is 0.0725. The third-order valence-corrected chi connectivity index (χ3v) is 1.33. The minimum atomic E-state index is -0.498. The number of hydrogen-bond acceptors (Lipinski definition) is 1. The largest absolute Gasteiger partial charge is 0.386 e. The highest BCUT2D eigenvalue weighted by Crippen LogP contribution is 1.95. The van der Waals surface area contributed by atoms with Gasteiger partial charge in [0.2, 0.25) is 0 Å². The fourth-order valence-electron chi connectivity index (χ4n) is 0.0831. The van der Waals surface area contributed by atoms with E-state index in [9.17, 15) is 0 Å². The first kappa shape index (κ1) is 7.05. The van der Waals surface area contributed by atoms with Crippen LogP contribution in [-0.4, -0.2) is 17.1 Å². The number of nitrogens with two attached hydrogens (primary N) is 1. The first-order valence-corrected chi connectivity index (χ1v) is 2.69. The van der Waals surface area contributed by atoms with E-state index in [0.717, 1.165) is 0 Å². The summed E-state index contributed by atoms with van der Waals surface area (Å²) in [5.41, 5.74) is 4.91. The van der Waals surface area contributed by atoms with Crippen LogP contribution in [0.1, 0.15) is 0 Å². The maximum absolute atomic E-state index is 6.66. The molecule has 0 aromatic carbocycles. The molecule has 0 aliphatic heterocycles. The maximum Gasteiger partial charge on any atom is 0.110 e. The number of amidine groups is 1. The Morgan fingerprint density at radius 2 is 2.29 bits per heavy atom. The molecular weight excluding hydrogens is 135 g/mol. The van der Waals surface area contributed by atoms with Crippen LogP contribution in [0.5, 0.6) is 0 Å². The van der Waals surface area contributed by atoms with Crippen LogP contribution in [0.4, 0.5) is 0 Å². The van der Waals surface area contributed by atoms with Crippen molar-refractivity contribution in [3.63, 3.8) is 0 Å². The van der Waals surface area contributed by atoms with Crippen molar-refractivity contribution in [1.29, 1.82) is 5.41 Å². The van der Waals surface area contributed by atoms with E-state index in [1.54, 1.807) is 0 Å². The molecule has 0 aliphatic carbocycles. The number of nitrogens with one attached hydrogen (secondary N) is 1. The van der Waals surface area contributed by atoms with Gasteiger partial charge < -0.3 is 5.73 Å². The van der Waals surface area contributed by atoms with Crippen LogP contribution in [0.25, 0.3) is 0 Å². The minimum Gasteiger partial charge on any atom is -0.386 e. The predicted octanol–water partition coefficient (Wildman–Crippen LogP) is 0.769. The Morgan fingerprint density at radius 1 is 1.86 bits per heavy atom. The summed E-state index contributed by atoms with van der Waals surface area (Å²) in [4.78, 5) is 0. The number of alkyl halides is 2. The molecule has 3 N–H and O–H groups in total. The summed E-state index contributed by atoms with van der Waals surface area (Å²) < 4.78 is 0. The molecule has 0 saturated carbocycles. The van der Waals surface area contributed by atoms with Gasteiger partial charge in [0, 0.05) is 5.88 Å². The van der Waals surface area contributed by atoms with Crippen LogP contribution >= 0.6 is 23.2 Å². The first-order valence-electron chi connectivity index (χ1n) is 1.72. The molecule has 42 valence electrons. The third kappa shape index (κ3) is 2.71. The molecule has 0 rings (SSSR count). The molecule has 0 aromatic rings. The van der Waals surface area contributed by atoms with Crippen LogP contribution in [0.15, 0.2) is 0 Å². The van der Waals surface area contributed by atoms with Crippen molar-refractivity contribution in [2.24, 2.45) is 5.73 Å². The van der Waals surface area contributed by atoms with Crippen molar-refractivity contribution >= 4 is 29.0 Å². The standard InChI is InChI=1S/C3H6Cl2N2/c4-1-2(5)3(6)7/h2H,1H2,(H3,6,7). The van der Waals surface area contributed by atoms with Crippen LogP contribution in [-0.2, 0) is 0 Å². The molecule has 0 radical (unpaired) electrons. The molecule has 0 saturated heterocycles. The fraction of sp³-hybridized carbons (Fsp3) is 0.667. The highest BCUT2D eigenvalue weighted by Gasteiger charge is 2.02. The number of halogens is 2. The summed E-state index contributed by atoms with van der Waals surface area (Å²) in [5.74, 6) is 0.133. The van der Waals surface area contributed by atoms with Crippen molar-refractivity contribution in [3.8, 4) is 0 Å². The summed E-state index contributed by atoms with van der Waals surface area (Å²) in [6.45, 7) is 0. The molecule has 0 aliphatic rings. The molecule has 0 aromatic heterocycles. The third-order valence-electron chi connectivity index (χ3n) is 0.473. The second kappa shape index (κ2) is 3.10. The average molecular weight is 141 g/mol. The topological polar surface area (TPSA) is 49.9 Å². The molecule has 7 heavy (non-hydrogen) atoms. The van der Waals surface area contributed by atoms with Crippen LogP contribution in [0.3, 0.4) is 0 Å². The molecule has 1 atom stereocenters. The van der Waals surface area contributed by atoms with Gasteiger partial charge in [-0.15, -0.1) is 23.2 Å². The van der Waals surface area contributed by atoms with Gasteiger partial charge in [-0.05, 0) is 0 Å². The molecule has 4 heteroatoms. The van der Waals surface area contributed by atoms with Gasteiger partial charge >= 0.3 is 0 Å². The summed E-state index contributed by atoms with van der Waals surface area (Å²) in [7, 11) is 0. The van der Waals surface area contributed by atoms with E-state index in [1.807, 2.05) is 0 Å².